The summed E-state index contributed by atoms with van der Waals surface area (Å²) in [5.74, 6) is -0.417. The number of hydrogen-bond donors (Lipinski definition) is 0. The summed E-state index contributed by atoms with van der Waals surface area (Å²) in [5, 5.41) is 0. The summed E-state index contributed by atoms with van der Waals surface area (Å²) in [7, 11) is 6.00. The number of nitrogens with zero attached hydrogens (tertiary/aromatic N) is 2. The van der Waals surface area contributed by atoms with Gasteiger partial charge in [-0.3, -0.25) is 9.59 Å². The highest BCUT2D eigenvalue weighted by molar-refractivity contribution is 6.47. The largest absolute Gasteiger partial charge is 0.461 e. The van der Waals surface area contributed by atoms with Crippen molar-refractivity contribution in [3.63, 3.8) is 0 Å². The molecule has 1 aliphatic rings. The first-order chi connectivity index (χ1) is 8.25. The Balaban J connectivity index is 2.90. The lowest BCUT2D eigenvalue weighted by molar-refractivity contribution is -0.146. The van der Waals surface area contributed by atoms with Gasteiger partial charge in [-0.15, -0.1) is 0 Å². The summed E-state index contributed by atoms with van der Waals surface area (Å²) in [6.45, 7) is 3.84. The highest BCUT2D eigenvalue weighted by atomic mass is 16.7. The fourth-order valence-electron chi connectivity index (χ4n) is 1.66. The van der Waals surface area contributed by atoms with Crippen LogP contribution in [0.2, 0.25) is 5.82 Å². The standard InChI is InChI=1S/C11H21BN2O4/c1-7(2)12-17-8(10(15)13(3)4)9(18-12)11(16)14(5)6/h7-9H,1-6H3. The Morgan fingerprint density at radius 3 is 1.50 bits per heavy atom. The first-order valence-electron chi connectivity index (χ1n) is 5.99. The third-order valence-electron chi connectivity index (χ3n) is 2.75. The molecule has 0 aromatic heterocycles. The maximum Gasteiger partial charge on any atom is 0.461 e. The van der Waals surface area contributed by atoms with Crippen LogP contribution in [-0.2, 0) is 18.9 Å². The first kappa shape index (κ1) is 15.0. The lowest BCUT2D eigenvalue weighted by Gasteiger charge is -2.22. The number of carbonyl (C=O) groups excluding carboxylic acids is 2. The van der Waals surface area contributed by atoms with Gasteiger partial charge in [-0.2, -0.15) is 0 Å². The zero-order valence-corrected chi connectivity index (χ0v) is 11.8. The first-order valence-corrected chi connectivity index (χ1v) is 5.99. The molecule has 6 nitrogen and oxygen atoms in total. The molecule has 2 amide bonds. The lowest BCUT2D eigenvalue weighted by Crippen LogP contribution is -2.47. The van der Waals surface area contributed by atoms with E-state index in [1.807, 2.05) is 13.8 Å². The molecule has 1 heterocycles. The van der Waals surface area contributed by atoms with E-state index >= 15 is 0 Å². The predicted octanol–water partition coefficient (Wildman–Crippen LogP) is -0.155. The summed E-state index contributed by atoms with van der Waals surface area (Å²) >= 11 is 0. The molecule has 0 aromatic rings. The van der Waals surface area contributed by atoms with Crippen molar-refractivity contribution in [3.05, 3.63) is 0 Å². The van der Waals surface area contributed by atoms with Gasteiger partial charge in [0.2, 0.25) is 0 Å². The van der Waals surface area contributed by atoms with Crippen molar-refractivity contribution in [2.45, 2.75) is 31.9 Å². The van der Waals surface area contributed by atoms with E-state index in [4.69, 9.17) is 9.31 Å². The molecule has 0 aromatic carbocycles. The molecule has 0 bridgehead atoms. The van der Waals surface area contributed by atoms with Gasteiger partial charge in [-0.1, -0.05) is 13.8 Å². The summed E-state index contributed by atoms with van der Waals surface area (Å²) in [4.78, 5) is 26.8. The zero-order chi connectivity index (χ0) is 14.0. The van der Waals surface area contributed by atoms with Crippen LogP contribution in [0.5, 0.6) is 0 Å². The van der Waals surface area contributed by atoms with Crippen molar-refractivity contribution >= 4 is 18.9 Å². The third kappa shape index (κ3) is 3.03. The Hall–Kier alpha value is -1.08. The van der Waals surface area contributed by atoms with E-state index in [0.29, 0.717) is 0 Å². The van der Waals surface area contributed by atoms with Gasteiger partial charge in [-0.25, -0.2) is 0 Å². The van der Waals surface area contributed by atoms with Gasteiger partial charge < -0.3 is 19.1 Å². The van der Waals surface area contributed by atoms with Gasteiger partial charge >= 0.3 is 7.12 Å². The summed E-state index contributed by atoms with van der Waals surface area (Å²) in [6, 6.07) is 0. The second kappa shape index (κ2) is 5.71. The fraction of sp³-hybridized carbons (Fsp3) is 0.818. The second-order valence-electron chi connectivity index (χ2n) is 5.19. The molecule has 0 saturated carbocycles. The normalized spacial score (nSPS) is 23.4. The molecule has 0 spiro atoms. The maximum atomic E-state index is 12.0. The van der Waals surface area contributed by atoms with Gasteiger partial charge in [0.25, 0.3) is 11.8 Å². The van der Waals surface area contributed by atoms with Gasteiger partial charge in [0.05, 0.1) is 0 Å². The van der Waals surface area contributed by atoms with Crippen LogP contribution in [0.1, 0.15) is 13.8 Å². The van der Waals surface area contributed by atoms with Gasteiger partial charge in [0.15, 0.2) is 12.2 Å². The molecule has 18 heavy (non-hydrogen) atoms. The minimum Gasteiger partial charge on any atom is -0.396 e. The topological polar surface area (TPSA) is 59.1 Å². The van der Waals surface area contributed by atoms with Crippen LogP contribution >= 0.6 is 0 Å². The number of hydrogen-bond acceptors (Lipinski definition) is 4. The Labute approximate surface area is 108 Å². The maximum absolute atomic E-state index is 12.0. The molecular weight excluding hydrogens is 235 g/mol. The van der Waals surface area contributed by atoms with E-state index < -0.39 is 19.3 Å². The van der Waals surface area contributed by atoms with Crippen molar-refractivity contribution in [1.29, 1.82) is 0 Å². The predicted molar refractivity (Wildman–Crippen MR) is 68.0 cm³/mol. The van der Waals surface area contributed by atoms with Gasteiger partial charge in [0.1, 0.15) is 0 Å². The molecule has 0 aliphatic carbocycles. The SMILES string of the molecule is CC(C)B1OC(C(=O)N(C)C)C(C(=O)N(C)C)O1. The smallest absolute Gasteiger partial charge is 0.396 e. The summed E-state index contributed by atoms with van der Waals surface area (Å²) < 4.78 is 11.1. The van der Waals surface area contributed by atoms with Crippen LogP contribution in [0.3, 0.4) is 0 Å². The van der Waals surface area contributed by atoms with E-state index in [0.717, 1.165) is 0 Å². The zero-order valence-electron chi connectivity index (χ0n) is 11.8. The highest BCUT2D eigenvalue weighted by Crippen LogP contribution is 2.26. The average molecular weight is 256 g/mol. The third-order valence-corrected chi connectivity index (χ3v) is 2.75. The molecule has 102 valence electrons. The van der Waals surface area contributed by atoms with E-state index in [2.05, 4.69) is 0 Å². The molecule has 2 atom stereocenters. The number of amides is 2. The summed E-state index contributed by atoms with van der Waals surface area (Å²) in [5.41, 5.74) is 0. The summed E-state index contributed by atoms with van der Waals surface area (Å²) in [6.07, 6.45) is -1.72. The Morgan fingerprint density at radius 2 is 1.28 bits per heavy atom. The molecule has 1 aliphatic heterocycles. The molecule has 0 radical (unpaired) electrons. The van der Waals surface area contributed by atoms with E-state index in [1.165, 1.54) is 9.80 Å². The van der Waals surface area contributed by atoms with Crippen LogP contribution in [0, 0.1) is 0 Å². The fourth-order valence-corrected chi connectivity index (χ4v) is 1.66. The van der Waals surface area contributed by atoms with Crippen LogP contribution in [-0.4, -0.2) is 69.1 Å². The second-order valence-corrected chi connectivity index (χ2v) is 5.19. The Morgan fingerprint density at radius 1 is 0.944 bits per heavy atom. The van der Waals surface area contributed by atoms with Gasteiger partial charge in [0, 0.05) is 28.2 Å². The van der Waals surface area contributed by atoms with E-state index in [-0.39, 0.29) is 17.6 Å². The van der Waals surface area contributed by atoms with Crippen LogP contribution < -0.4 is 0 Å². The van der Waals surface area contributed by atoms with E-state index in [9.17, 15) is 9.59 Å². The number of likely N-dealkylation sites (N-methyl/N-ethyl adjacent to an activating group) is 2. The highest BCUT2D eigenvalue weighted by Gasteiger charge is 2.49. The minimum absolute atomic E-state index is 0.0856. The monoisotopic (exact) mass is 256 g/mol. The molecule has 2 unspecified atom stereocenters. The number of carbonyl (C=O) groups is 2. The van der Waals surface area contributed by atoms with Crippen molar-refractivity contribution in [3.8, 4) is 0 Å². The van der Waals surface area contributed by atoms with Crippen molar-refractivity contribution < 1.29 is 18.9 Å². The average Bonchev–Trinajstić information content (AvgIpc) is 2.71. The van der Waals surface area contributed by atoms with Crippen LogP contribution in [0.4, 0.5) is 0 Å². The minimum atomic E-state index is -0.859. The van der Waals surface area contributed by atoms with Crippen molar-refractivity contribution in [2.24, 2.45) is 0 Å². The lowest BCUT2D eigenvalue weighted by atomic mass is 9.75. The Kier molecular flexibility index (Phi) is 4.75. The molecular formula is C11H21BN2O4. The molecule has 1 fully saturated rings. The van der Waals surface area contributed by atoms with Crippen molar-refractivity contribution in [1.82, 2.24) is 9.80 Å². The van der Waals surface area contributed by atoms with Gasteiger partial charge in [-0.05, 0) is 5.82 Å². The molecule has 0 N–H and O–H groups in total. The molecule has 1 saturated heterocycles. The molecule has 1 rings (SSSR count). The van der Waals surface area contributed by atoms with Crippen molar-refractivity contribution in [2.75, 3.05) is 28.2 Å². The number of rotatable bonds is 3. The quantitative estimate of drug-likeness (QED) is 0.658. The van der Waals surface area contributed by atoms with Crippen LogP contribution in [0.15, 0.2) is 0 Å². The van der Waals surface area contributed by atoms with Crippen LogP contribution in [0.25, 0.3) is 0 Å². The van der Waals surface area contributed by atoms with E-state index in [1.54, 1.807) is 28.2 Å². The Bertz CT molecular complexity index is 305. The molecule has 7 heteroatoms.